The molecule has 2 aromatic rings. The molecule has 2 rings (SSSR count). The molecule has 1 atom stereocenters. The number of anilines is 1. The summed E-state index contributed by atoms with van der Waals surface area (Å²) in [7, 11) is -3.84. The molecule has 0 heterocycles. The van der Waals surface area contributed by atoms with Gasteiger partial charge in [0.25, 0.3) is 0 Å². The molecule has 0 spiro atoms. The summed E-state index contributed by atoms with van der Waals surface area (Å²) < 4.78 is 68.3. The van der Waals surface area contributed by atoms with Crippen molar-refractivity contribution in [3.63, 3.8) is 0 Å². The summed E-state index contributed by atoms with van der Waals surface area (Å²) in [6.07, 6.45) is -4.85. The van der Waals surface area contributed by atoms with Gasteiger partial charge in [0.1, 0.15) is 5.75 Å². The Hall–Kier alpha value is -2.30. The molecule has 0 aromatic heterocycles. The standard InChI is InChI=1S/C17H19F3N2O4S/c18-17(19,20)26-16-4-2-1-3-13(16)9-12(11-23)10-22-27(24,25)15-7-5-14(21)6-8-15/h1-8,12,22-23H,9-11,21H2. The largest absolute Gasteiger partial charge is 0.573 e. The number of rotatable bonds is 8. The number of halogens is 3. The summed E-state index contributed by atoms with van der Waals surface area (Å²) in [5.41, 5.74) is 6.13. The molecule has 0 aliphatic heterocycles. The lowest BCUT2D eigenvalue weighted by Gasteiger charge is -2.18. The number of alkyl halides is 3. The van der Waals surface area contributed by atoms with E-state index in [1.165, 1.54) is 42.5 Å². The monoisotopic (exact) mass is 404 g/mol. The van der Waals surface area contributed by atoms with Crippen LogP contribution in [0.3, 0.4) is 0 Å². The third-order valence-electron chi connectivity index (χ3n) is 3.72. The fourth-order valence-corrected chi connectivity index (χ4v) is 3.48. The topological polar surface area (TPSA) is 102 Å². The summed E-state index contributed by atoms with van der Waals surface area (Å²) in [5, 5.41) is 9.50. The van der Waals surface area contributed by atoms with E-state index in [1.54, 1.807) is 0 Å². The molecular weight excluding hydrogens is 385 g/mol. The zero-order valence-electron chi connectivity index (χ0n) is 14.1. The van der Waals surface area contributed by atoms with E-state index in [4.69, 9.17) is 5.73 Å². The van der Waals surface area contributed by atoms with Crippen molar-refractivity contribution >= 4 is 15.7 Å². The smallest absolute Gasteiger partial charge is 0.406 e. The average Bonchev–Trinajstić information content (AvgIpc) is 2.59. The Morgan fingerprint density at radius 1 is 1.11 bits per heavy atom. The summed E-state index contributed by atoms with van der Waals surface area (Å²) >= 11 is 0. The van der Waals surface area contributed by atoms with E-state index in [0.29, 0.717) is 5.69 Å². The molecule has 0 amide bonds. The summed E-state index contributed by atoms with van der Waals surface area (Å²) in [5.74, 6) is -1.03. The van der Waals surface area contributed by atoms with Crippen LogP contribution in [0.15, 0.2) is 53.4 Å². The molecule has 4 N–H and O–H groups in total. The number of benzene rings is 2. The van der Waals surface area contributed by atoms with Crippen molar-refractivity contribution in [3.8, 4) is 5.75 Å². The molecule has 0 bridgehead atoms. The number of aliphatic hydroxyl groups is 1. The Morgan fingerprint density at radius 3 is 2.33 bits per heavy atom. The zero-order valence-corrected chi connectivity index (χ0v) is 14.9. The van der Waals surface area contributed by atoms with E-state index in [1.807, 2.05) is 0 Å². The van der Waals surface area contributed by atoms with Crippen LogP contribution in [0.25, 0.3) is 0 Å². The minimum atomic E-state index is -4.85. The van der Waals surface area contributed by atoms with Gasteiger partial charge in [0.15, 0.2) is 0 Å². The van der Waals surface area contributed by atoms with Crippen LogP contribution in [-0.2, 0) is 16.4 Å². The predicted molar refractivity (Wildman–Crippen MR) is 93.4 cm³/mol. The van der Waals surface area contributed by atoms with Crippen molar-refractivity contribution in [1.82, 2.24) is 4.72 Å². The minimum absolute atomic E-state index is 0.00538. The minimum Gasteiger partial charge on any atom is -0.406 e. The maximum Gasteiger partial charge on any atom is 0.573 e. The van der Waals surface area contributed by atoms with Crippen LogP contribution >= 0.6 is 0 Å². The molecule has 0 aliphatic rings. The molecule has 0 fully saturated rings. The average molecular weight is 404 g/mol. The molecule has 27 heavy (non-hydrogen) atoms. The molecule has 148 valence electrons. The van der Waals surface area contributed by atoms with Crippen LogP contribution in [0.4, 0.5) is 18.9 Å². The first-order chi connectivity index (χ1) is 12.6. The number of aliphatic hydroxyl groups excluding tert-OH is 1. The first kappa shape index (κ1) is 21.0. The summed E-state index contributed by atoms with van der Waals surface area (Å²) in [4.78, 5) is -0.00538. The van der Waals surface area contributed by atoms with Gasteiger partial charge in [-0.25, -0.2) is 13.1 Å². The van der Waals surface area contributed by atoms with Crippen molar-refractivity contribution in [2.24, 2.45) is 5.92 Å². The highest BCUT2D eigenvalue weighted by molar-refractivity contribution is 7.89. The second-order valence-electron chi connectivity index (χ2n) is 5.83. The van der Waals surface area contributed by atoms with E-state index in [-0.39, 0.29) is 29.2 Å². The highest BCUT2D eigenvalue weighted by Crippen LogP contribution is 2.28. The molecule has 1 unspecified atom stereocenters. The van der Waals surface area contributed by atoms with Crippen molar-refractivity contribution in [2.45, 2.75) is 17.7 Å². The van der Waals surface area contributed by atoms with Crippen LogP contribution in [0.5, 0.6) is 5.75 Å². The first-order valence-electron chi connectivity index (χ1n) is 7.90. The van der Waals surface area contributed by atoms with E-state index in [2.05, 4.69) is 9.46 Å². The molecule has 0 aliphatic carbocycles. The Morgan fingerprint density at radius 2 is 1.74 bits per heavy atom. The van der Waals surface area contributed by atoms with Crippen molar-refractivity contribution in [1.29, 1.82) is 0 Å². The van der Waals surface area contributed by atoms with Gasteiger partial charge in [0, 0.05) is 18.8 Å². The third kappa shape index (κ3) is 6.42. The number of para-hydroxylation sites is 1. The maximum absolute atomic E-state index is 12.5. The quantitative estimate of drug-likeness (QED) is 0.586. The number of nitrogen functional groups attached to an aromatic ring is 1. The predicted octanol–water partition coefficient (Wildman–Crippen LogP) is 2.30. The molecular formula is C17H19F3N2O4S. The Kier molecular flexibility index (Phi) is 6.68. The first-order valence-corrected chi connectivity index (χ1v) is 9.39. The van der Waals surface area contributed by atoms with Crippen LogP contribution in [0.1, 0.15) is 5.56 Å². The molecule has 0 saturated carbocycles. The second-order valence-corrected chi connectivity index (χ2v) is 7.60. The number of nitrogens with one attached hydrogen (secondary N) is 1. The van der Waals surface area contributed by atoms with Crippen LogP contribution in [0, 0.1) is 5.92 Å². The van der Waals surface area contributed by atoms with Gasteiger partial charge in [-0.05, 0) is 48.2 Å². The molecule has 6 nitrogen and oxygen atoms in total. The Labute approximate surface area is 154 Å². The van der Waals surface area contributed by atoms with Crippen molar-refractivity contribution in [2.75, 3.05) is 18.9 Å². The number of ether oxygens (including phenoxy) is 1. The van der Waals surface area contributed by atoms with Crippen LogP contribution in [-0.4, -0.2) is 33.0 Å². The van der Waals surface area contributed by atoms with Crippen molar-refractivity contribution < 1.29 is 31.4 Å². The van der Waals surface area contributed by atoms with Gasteiger partial charge >= 0.3 is 6.36 Å². The van der Waals surface area contributed by atoms with Gasteiger partial charge in [-0.3, -0.25) is 0 Å². The van der Waals surface area contributed by atoms with Gasteiger partial charge in [-0.2, -0.15) is 0 Å². The normalized spacial score (nSPS) is 13.3. The Balaban J connectivity index is 2.07. The summed E-state index contributed by atoms with van der Waals surface area (Å²) in [6.45, 7) is -0.589. The van der Waals surface area contributed by atoms with E-state index in [9.17, 15) is 26.7 Å². The lowest BCUT2D eigenvalue weighted by Crippen LogP contribution is -2.32. The van der Waals surface area contributed by atoms with Crippen LogP contribution in [0.2, 0.25) is 0 Å². The fourth-order valence-electron chi connectivity index (χ4n) is 2.37. The molecule has 0 saturated heterocycles. The van der Waals surface area contributed by atoms with Gasteiger partial charge in [-0.1, -0.05) is 18.2 Å². The van der Waals surface area contributed by atoms with Crippen molar-refractivity contribution in [3.05, 3.63) is 54.1 Å². The van der Waals surface area contributed by atoms with E-state index in [0.717, 1.165) is 6.07 Å². The Bertz CT molecular complexity index is 855. The molecule has 0 radical (unpaired) electrons. The third-order valence-corrected chi connectivity index (χ3v) is 5.16. The van der Waals surface area contributed by atoms with Gasteiger partial charge in [0.05, 0.1) is 4.90 Å². The molecule has 2 aromatic carbocycles. The number of sulfonamides is 1. The number of hydrogen-bond acceptors (Lipinski definition) is 5. The maximum atomic E-state index is 12.5. The van der Waals surface area contributed by atoms with Crippen LogP contribution < -0.4 is 15.2 Å². The summed E-state index contributed by atoms with van der Waals surface area (Å²) in [6, 6.07) is 11.0. The lowest BCUT2D eigenvalue weighted by molar-refractivity contribution is -0.274. The van der Waals surface area contributed by atoms with Gasteiger partial charge in [-0.15, -0.1) is 13.2 Å². The SMILES string of the molecule is Nc1ccc(S(=O)(=O)NCC(CO)Cc2ccccc2OC(F)(F)F)cc1. The lowest BCUT2D eigenvalue weighted by atomic mass is 9.99. The van der Waals surface area contributed by atoms with E-state index < -0.39 is 28.9 Å². The molecule has 10 heteroatoms. The van der Waals surface area contributed by atoms with Gasteiger partial charge < -0.3 is 15.6 Å². The van der Waals surface area contributed by atoms with E-state index >= 15 is 0 Å². The fraction of sp³-hybridized carbons (Fsp3) is 0.294. The zero-order chi connectivity index (χ0) is 20.1. The highest BCUT2D eigenvalue weighted by atomic mass is 32.2. The highest BCUT2D eigenvalue weighted by Gasteiger charge is 2.32. The number of hydrogen-bond donors (Lipinski definition) is 3. The second kappa shape index (κ2) is 8.59. The van der Waals surface area contributed by atoms with Gasteiger partial charge in [0.2, 0.25) is 10.0 Å². The number of nitrogens with two attached hydrogens (primary N) is 1.